The Bertz CT molecular complexity index is 415. The van der Waals surface area contributed by atoms with Gasteiger partial charge in [-0.2, -0.15) is 0 Å². The lowest BCUT2D eigenvalue weighted by molar-refractivity contribution is 0.144. The molecule has 0 radical (unpaired) electrons. The Morgan fingerprint density at radius 2 is 2.11 bits per heavy atom. The molecular weight excluding hydrogens is 239 g/mol. The maximum atomic E-state index is 13.7. The third-order valence-corrected chi connectivity index (χ3v) is 4.56. The van der Waals surface area contributed by atoms with Crippen molar-refractivity contribution in [2.45, 2.75) is 38.3 Å². The fourth-order valence-corrected chi connectivity index (χ4v) is 3.54. The maximum absolute atomic E-state index is 13.7. The summed E-state index contributed by atoms with van der Waals surface area (Å²) in [7, 11) is 0. The lowest BCUT2D eigenvalue weighted by atomic mass is 9.89. The van der Waals surface area contributed by atoms with E-state index in [4.69, 9.17) is 0 Å². The van der Waals surface area contributed by atoms with Crippen molar-refractivity contribution in [3.05, 3.63) is 35.6 Å². The zero-order valence-electron chi connectivity index (χ0n) is 11.4. The Kier molecular flexibility index (Phi) is 4.14. The standard InChI is InChI=1S/C16H23FN2/c17-15-7-2-1-5-13(15)11-19-10-4-6-14(12-19)16-8-3-9-18-16/h1-2,5,7,14,16,18H,3-4,6,8-12H2. The van der Waals surface area contributed by atoms with E-state index in [1.165, 1.54) is 32.2 Å². The molecule has 3 heteroatoms. The van der Waals surface area contributed by atoms with Gasteiger partial charge in [0.2, 0.25) is 0 Å². The number of halogens is 1. The third-order valence-electron chi connectivity index (χ3n) is 4.56. The Balaban J connectivity index is 1.60. The molecule has 0 spiro atoms. The highest BCUT2D eigenvalue weighted by atomic mass is 19.1. The summed E-state index contributed by atoms with van der Waals surface area (Å²) in [6.07, 6.45) is 5.20. The second-order valence-electron chi connectivity index (χ2n) is 5.93. The van der Waals surface area contributed by atoms with Gasteiger partial charge in [0.1, 0.15) is 5.82 Å². The summed E-state index contributed by atoms with van der Waals surface area (Å²) >= 11 is 0. The molecule has 0 aliphatic carbocycles. The highest BCUT2D eigenvalue weighted by Gasteiger charge is 2.29. The number of rotatable bonds is 3. The lowest BCUT2D eigenvalue weighted by Gasteiger charge is -2.35. The van der Waals surface area contributed by atoms with Crippen LogP contribution in [-0.4, -0.2) is 30.6 Å². The van der Waals surface area contributed by atoms with Crippen LogP contribution in [0.5, 0.6) is 0 Å². The molecule has 2 atom stereocenters. The van der Waals surface area contributed by atoms with E-state index < -0.39 is 0 Å². The van der Waals surface area contributed by atoms with E-state index in [0.717, 1.165) is 31.1 Å². The zero-order chi connectivity index (χ0) is 13.1. The van der Waals surface area contributed by atoms with Gasteiger partial charge in [-0.3, -0.25) is 4.90 Å². The predicted octanol–water partition coefficient (Wildman–Crippen LogP) is 2.79. The fourth-order valence-electron chi connectivity index (χ4n) is 3.54. The van der Waals surface area contributed by atoms with Crippen molar-refractivity contribution < 1.29 is 4.39 Å². The molecule has 2 fully saturated rings. The van der Waals surface area contributed by atoms with E-state index in [1.54, 1.807) is 12.1 Å². The quantitative estimate of drug-likeness (QED) is 0.901. The number of nitrogens with zero attached hydrogens (tertiary/aromatic N) is 1. The first-order valence-electron chi connectivity index (χ1n) is 7.52. The molecule has 2 saturated heterocycles. The van der Waals surface area contributed by atoms with Crippen molar-refractivity contribution in [1.29, 1.82) is 0 Å². The van der Waals surface area contributed by atoms with Crippen LogP contribution in [0, 0.1) is 11.7 Å². The Morgan fingerprint density at radius 3 is 2.89 bits per heavy atom. The molecule has 2 nitrogen and oxygen atoms in total. The van der Waals surface area contributed by atoms with Gasteiger partial charge < -0.3 is 5.32 Å². The van der Waals surface area contributed by atoms with Crippen LogP contribution in [0.1, 0.15) is 31.2 Å². The molecule has 1 aromatic carbocycles. The van der Waals surface area contributed by atoms with Gasteiger partial charge in [-0.15, -0.1) is 0 Å². The summed E-state index contributed by atoms with van der Waals surface area (Å²) in [5, 5.41) is 3.62. The first-order valence-corrected chi connectivity index (χ1v) is 7.52. The summed E-state index contributed by atoms with van der Waals surface area (Å²) in [5.41, 5.74) is 0.836. The van der Waals surface area contributed by atoms with Crippen molar-refractivity contribution in [3.8, 4) is 0 Å². The fraction of sp³-hybridized carbons (Fsp3) is 0.625. The van der Waals surface area contributed by atoms with E-state index in [1.807, 2.05) is 12.1 Å². The Labute approximate surface area is 115 Å². The summed E-state index contributed by atoms with van der Waals surface area (Å²) in [5.74, 6) is 0.687. The summed E-state index contributed by atoms with van der Waals surface area (Å²) in [4.78, 5) is 2.42. The van der Waals surface area contributed by atoms with Crippen molar-refractivity contribution >= 4 is 0 Å². The molecule has 0 aromatic heterocycles. The summed E-state index contributed by atoms with van der Waals surface area (Å²) in [6, 6.07) is 7.86. The number of hydrogen-bond acceptors (Lipinski definition) is 2. The topological polar surface area (TPSA) is 15.3 Å². The largest absolute Gasteiger partial charge is 0.314 e. The smallest absolute Gasteiger partial charge is 0.127 e. The van der Waals surface area contributed by atoms with Crippen LogP contribution in [-0.2, 0) is 6.54 Å². The predicted molar refractivity (Wildman–Crippen MR) is 75.4 cm³/mol. The number of piperidine rings is 1. The van der Waals surface area contributed by atoms with E-state index in [9.17, 15) is 4.39 Å². The molecule has 0 amide bonds. The molecule has 1 N–H and O–H groups in total. The third kappa shape index (κ3) is 3.15. The van der Waals surface area contributed by atoms with Crippen LogP contribution in [0.2, 0.25) is 0 Å². The average Bonchev–Trinajstić information content (AvgIpc) is 2.96. The molecule has 2 aliphatic heterocycles. The average molecular weight is 262 g/mol. The van der Waals surface area contributed by atoms with Crippen molar-refractivity contribution in [1.82, 2.24) is 10.2 Å². The van der Waals surface area contributed by atoms with Crippen LogP contribution >= 0.6 is 0 Å². The first kappa shape index (κ1) is 13.1. The van der Waals surface area contributed by atoms with Crippen LogP contribution < -0.4 is 5.32 Å². The number of likely N-dealkylation sites (tertiary alicyclic amines) is 1. The Morgan fingerprint density at radius 1 is 1.21 bits per heavy atom. The number of hydrogen-bond donors (Lipinski definition) is 1. The molecule has 19 heavy (non-hydrogen) atoms. The van der Waals surface area contributed by atoms with Crippen molar-refractivity contribution in [3.63, 3.8) is 0 Å². The molecule has 0 bridgehead atoms. The maximum Gasteiger partial charge on any atom is 0.127 e. The lowest BCUT2D eigenvalue weighted by Crippen LogP contribution is -2.43. The molecule has 2 aliphatic rings. The van der Waals surface area contributed by atoms with Gasteiger partial charge in [0.15, 0.2) is 0 Å². The van der Waals surface area contributed by atoms with Crippen LogP contribution in [0.3, 0.4) is 0 Å². The van der Waals surface area contributed by atoms with Gasteiger partial charge in [0.05, 0.1) is 0 Å². The van der Waals surface area contributed by atoms with E-state index in [-0.39, 0.29) is 5.82 Å². The zero-order valence-corrected chi connectivity index (χ0v) is 11.4. The molecule has 0 saturated carbocycles. The van der Waals surface area contributed by atoms with Crippen molar-refractivity contribution in [2.75, 3.05) is 19.6 Å². The van der Waals surface area contributed by atoms with Crippen LogP contribution in [0.15, 0.2) is 24.3 Å². The normalized spacial score (nSPS) is 28.7. The van der Waals surface area contributed by atoms with Crippen LogP contribution in [0.25, 0.3) is 0 Å². The van der Waals surface area contributed by atoms with Gasteiger partial charge >= 0.3 is 0 Å². The molecule has 2 unspecified atom stereocenters. The van der Waals surface area contributed by atoms with Gasteiger partial charge in [-0.1, -0.05) is 18.2 Å². The van der Waals surface area contributed by atoms with Gasteiger partial charge in [0.25, 0.3) is 0 Å². The SMILES string of the molecule is Fc1ccccc1CN1CCCC(C2CCCN2)C1. The molecule has 2 heterocycles. The highest BCUT2D eigenvalue weighted by Crippen LogP contribution is 2.25. The van der Waals surface area contributed by atoms with Crippen LogP contribution in [0.4, 0.5) is 4.39 Å². The van der Waals surface area contributed by atoms with Gasteiger partial charge in [-0.25, -0.2) is 4.39 Å². The van der Waals surface area contributed by atoms with E-state index >= 15 is 0 Å². The second-order valence-corrected chi connectivity index (χ2v) is 5.93. The molecule has 1 aromatic rings. The van der Waals surface area contributed by atoms with E-state index in [0.29, 0.717) is 6.04 Å². The minimum absolute atomic E-state index is 0.0661. The van der Waals surface area contributed by atoms with Gasteiger partial charge in [-0.05, 0) is 50.8 Å². The minimum Gasteiger partial charge on any atom is -0.314 e. The second kappa shape index (κ2) is 6.02. The Hall–Kier alpha value is -0.930. The highest BCUT2D eigenvalue weighted by molar-refractivity contribution is 5.17. The first-order chi connectivity index (χ1) is 9.33. The molecular formula is C16H23FN2. The summed E-state index contributed by atoms with van der Waals surface area (Å²) < 4.78 is 13.7. The van der Waals surface area contributed by atoms with Crippen molar-refractivity contribution in [2.24, 2.45) is 5.92 Å². The molecule has 104 valence electrons. The molecule has 3 rings (SSSR count). The van der Waals surface area contributed by atoms with Gasteiger partial charge in [0, 0.05) is 24.7 Å². The number of nitrogens with one attached hydrogen (secondary N) is 1. The summed E-state index contributed by atoms with van der Waals surface area (Å²) in [6.45, 7) is 4.16. The minimum atomic E-state index is -0.0661. The number of benzene rings is 1. The monoisotopic (exact) mass is 262 g/mol. The van der Waals surface area contributed by atoms with E-state index in [2.05, 4.69) is 10.2 Å².